The summed E-state index contributed by atoms with van der Waals surface area (Å²) in [7, 11) is 0. The normalized spacial score (nSPS) is 10.7. The van der Waals surface area contributed by atoms with E-state index < -0.39 is 5.97 Å². The number of carbonyl (C=O) groups is 1. The minimum absolute atomic E-state index is 0.736. The lowest BCUT2D eigenvalue weighted by molar-refractivity contribution is -0.131. The van der Waals surface area contributed by atoms with Gasteiger partial charge in [-0.05, 0) is 12.5 Å². The standard InChI is InChI=1S/C12H14O2S/c1-10-4-2-5-11(8-10)9-15-7-3-6-12(13)14/h2-6,8H,7,9H2,1H3,(H,13,14). The first-order valence-corrected chi connectivity index (χ1v) is 5.86. The molecule has 0 aliphatic carbocycles. The van der Waals surface area contributed by atoms with Crippen LogP contribution in [0.5, 0.6) is 0 Å². The highest BCUT2D eigenvalue weighted by atomic mass is 32.2. The molecule has 0 radical (unpaired) electrons. The quantitative estimate of drug-likeness (QED) is 0.615. The third-order valence-corrected chi connectivity index (χ3v) is 2.79. The van der Waals surface area contributed by atoms with Crippen LogP contribution in [0.3, 0.4) is 0 Å². The van der Waals surface area contributed by atoms with E-state index in [1.807, 2.05) is 6.07 Å². The summed E-state index contributed by atoms with van der Waals surface area (Å²) in [5.41, 5.74) is 2.54. The Morgan fingerprint density at radius 1 is 1.53 bits per heavy atom. The van der Waals surface area contributed by atoms with Gasteiger partial charge in [-0.1, -0.05) is 35.9 Å². The summed E-state index contributed by atoms with van der Waals surface area (Å²) < 4.78 is 0. The van der Waals surface area contributed by atoms with Crippen LogP contribution in [0.2, 0.25) is 0 Å². The molecule has 2 nitrogen and oxygen atoms in total. The zero-order valence-corrected chi connectivity index (χ0v) is 9.46. The minimum Gasteiger partial charge on any atom is -0.478 e. The minimum atomic E-state index is -0.883. The van der Waals surface area contributed by atoms with E-state index in [0.29, 0.717) is 0 Å². The number of thioether (sulfide) groups is 1. The number of rotatable bonds is 5. The van der Waals surface area contributed by atoms with Gasteiger partial charge in [-0.25, -0.2) is 4.79 Å². The van der Waals surface area contributed by atoms with Gasteiger partial charge < -0.3 is 5.11 Å². The molecule has 0 aliphatic heterocycles. The van der Waals surface area contributed by atoms with Gasteiger partial charge in [0.2, 0.25) is 0 Å². The van der Waals surface area contributed by atoms with Crippen molar-refractivity contribution in [3.05, 3.63) is 47.5 Å². The molecule has 0 unspecified atom stereocenters. The summed E-state index contributed by atoms with van der Waals surface area (Å²) in [6.45, 7) is 2.07. The Morgan fingerprint density at radius 3 is 3.00 bits per heavy atom. The number of hydrogen-bond acceptors (Lipinski definition) is 2. The summed E-state index contributed by atoms with van der Waals surface area (Å²) in [6, 6.07) is 8.34. The van der Waals surface area contributed by atoms with E-state index in [1.54, 1.807) is 17.8 Å². The van der Waals surface area contributed by atoms with Gasteiger partial charge in [0, 0.05) is 17.6 Å². The molecule has 0 amide bonds. The van der Waals surface area contributed by atoms with Gasteiger partial charge in [0.25, 0.3) is 0 Å². The first-order chi connectivity index (χ1) is 7.18. The molecule has 0 heterocycles. The van der Waals surface area contributed by atoms with Crippen molar-refractivity contribution < 1.29 is 9.90 Å². The SMILES string of the molecule is Cc1cccc(CSCC=CC(=O)O)c1. The van der Waals surface area contributed by atoms with E-state index in [9.17, 15) is 4.79 Å². The van der Waals surface area contributed by atoms with E-state index in [0.717, 1.165) is 11.5 Å². The summed E-state index contributed by atoms with van der Waals surface area (Å²) in [6.07, 6.45) is 2.85. The van der Waals surface area contributed by atoms with Crippen molar-refractivity contribution in [2.24, 2.45) is 0 Å². The van der Waals surface area contributed by atoms with E-state index in [2.05, 4.69) is 25.1 Å². The Labute approximate surface area is 94.0 Å². The molecule has 0 fully saturated rings. The molecule has 0 saturated carbocycles. The molecule has 0 aliphatic rings. The average molecular weight is 222 g/mol. The predicted octanol–water partition coefficient (Wildman–Crippen LogP) is 2.87. The zero-order chi connectivity index (χ0) is 11.1. The van der Waals surface area contributed by atoms with Crippen LogP contribution in [0.25, 0.3) is 0 Å². The average Bonchev–Trinajstić information content (AvgIpc) is 2.17. The Balaban J connectivity index is 2.29. The fourth-order valence-electron chi connectivity index (χ4n) is 1.20. The number of benzene rings is 1. The van der Waals surface area contributed by atoms with Crippen LogP contribution in [-0.4, -0.2) is 16.8 Å². The molecule has 3 heteroatoms. The molecule has 0 bridgehead atoms. The maximum atomic E-state index is 10.2. The van der Waals surface area contributed by atoms with Gasteiger partial charge in [-0.2, -0.15) is 11.8 Å². The third-order valence-electron chi connectivity index (χ3n) is 1.83. The number of aliphatic carboxylic acids is 1. The van der Waals surface area contributed by atoms with Crippen molar-refractivity contribution >= 4 is 17.7 Å². The van der Waals surface area contributed by atoms with Gasteiger partial charge in [-0.15, -0.1) is 0 Å². The number of carboxylic acid groups (broad SMARTS) is 1. The molecule has 1 aromatic carbocycles. The van der Waals surface area contributed by atoms with Crippen LogP contribution >= 0.6 is 11.8 Å². The van der Waals surface area contributed by atoms with E-state index in [4.69, 9.17) is 5.11 Å². The van der Waals surface area contributed by atoms with E-state index in [1.165, 1.54) is 17.2 Å². The summed E-state index contributed by atoms with van der Waals surface area (Å²) in [4.78, 5) is 10.2. The topological polar surface area (TPSA) is 37.3 Å². The van der Waals surface area contributed by atoms with Gasteiger partial charge >= 0.3 is 5.97 Å². The fraction of sp³-hybridized carbons (Fsp3) is 0.250. The van der Waals surface area contributed by atoms with Crippen LogP contribution < -0.4 is 0 Å². The van der Waals surface area contributed by atoms with E-state index in [-0.39, 0.29) is 0 Å². The summed E-state index contributed by atoms with van der Waals surface area (Å²) in [5.74, 6) is 0.775. The van der Waals surface area contributed by atoms with Gasteiger partial charge in [0.15, 0.2) is 0 Å². The molecule has 1 N–H and O–H groups in total. The highest BCUT2D eigenvalue weighted by Crippen LogP contribution is 2.13. The first kappa shape index (κ1) is 11.9. The Morgan fingerprint density at radius 2 is 2.33 bits per heavy atom. The number of carboxylic acids is 1. The molecule has 1 aromatic rings. The van der Waals surface area contributed by atoms with Crippen molar-refractivity contribution in [2.45, 2.75) is 12.7 Å². The van der Waals surface area contributed by atoms with Crippen LogP contribution in [0.15, 0.2) is 36.4 Å². The highest BCUT2D eigenvalue weighted by Gasteiger charge is 1.93. The second-order valence-electron chi connectivity index (χ2n) is 3.24. The lowest BCUT2D eigenvalue weighted by atomic mass is 10.2. The van der Waals surface area contributed by atoms with Gasteiger partial charge in [0.05, 0.1) is 0 Å². The molecular weight excluding hydrogens is 208 g/mol. The van der Waals surface area contributed by atoms with Crippen molar-refractivity contribution in [3.8, 4) is 0 Å². The third kappa shape index (κ3) is 5.27. The van der Waals surface area contributed by atoms with Crippen molar-refractivity contribution in [1.29, 1.82) is 0 Å². The second-order valence-corrected chi connectivity index (χ2v) is 4.28. The van der Waals surface area contributed by atoms with Crippen LogP contribution in [0.4, 0.5) is 0 Å². The highest BCUT2D eigenvalue weighted by molar-refractivity contribution is 7.98. The molecule has 0 spiro atoms. The van der Waals surface area contributed by atoms with Crippen molar-refractivity contribution in [3.63, 3.8) is 0 Å². The number of aryl methyl sites for hydroxylation is 1. The Bertz CT molecular complexity index is 358. The smallest absolute Gasteiger partial charge is 0.328 e. The van der Waals surface area contributed by atoms with Crippen LogP contribution in [-0.2, 0) is 10.5 Å². The molecule has 0 aromatic heterocycles. The lowest BCUT2D eigenvalue weighted by Gasteiger charge is -2.00. The predicted molar refractivity (Wildman–Crippen MR) is 64.1 cm³/mol. The van der Waals surface area contributed by atoms with Gasteiger partial charge in [-0.3, -0.25) is 0 Å². The monoisotopic (exact) mass is 222 g/mol. The second kappa shape index (κ2) is 6.30. The lowest BCUT2D eigenvalue weighted by Crippen LogP contribution is -1.87. The Hall–Kier alpha value is -1.22. The van der Waals surface area contributed by atoms with Crippen molar-refractivity contribution in [1.82, 2.24) is 0 Å². The summed E-state index contributed by atoms with van der Waals surface area (Å²) >= 11 is 1.71. The molecule has 80 valence electrons. The summed E-state index contributed by atoms with van der Waals surface area (Å²) in [5, 5.41) is 8.37. The first-order valence-electron chi connectivity index (χ1n) is 4.71. The maximum Gasteiger partial charge on any atom is 0.328 e. The van der Waals surface area contributed by atoms with Crippen LogP contribution in [0.1, 0.15) is 11.1 Å². The zero-order valence-electron chi connectivity index (χ0n) is 8.64. The number of hydrogen-bond donors (Lipinski definition) is 1. The fourth-order valence-corrected chi connectivity index (χ4v) is 1.96. The molecule has 1 rings (SSSR count). The largest absolute Gasteiger partial charge is 0.478 e. The molecule has 0 atom stereocenters. The van der Waals surface area contributed by atoms with Crippen molar-refractivity contribution in [2.75, 3.05) is 5.75 Å². The molecular formula is C12H14O2S. The molecule has 15 heavy (non-hydrogen) atoms. The maximum absolute atomic E-state index is 10.2. The van der Waals surface area contributed by atoms with E-state index >= 15 is 0 Å². The Kier molecular flexibility index (Phi) is 4.98. The van der Waals surface area contributed by atoms with Gasteiger partial charge in [0.1, 0.15) is 0 Å². The molecule has 0 saturated heterocycles. The van der Waals surface area contributed by atoms with Crippen LogP contribution in [0, 0.1) is 6.92 Å².